The van der Waals surface area contributed by atoms with Crippen molar-refractivity contribution in [1.29, 1.82) is 0 Å². The molecule has 0 aromatic rings. The predicted molar refractivity (Wildman–Crippen MR) is 87.4 cm³/mol. The van der Waals surface area contributed by atoms with Gasteiger partial charge in [0.15, 0.2) is 18.3 Å². The van der Waals surface area contributed by atoms with Crippen LogP contribution in [-0.2, 0) is 38.1 Å². The topological polar surface area (TPSA) is 105 Å². The number of esters is 4. The summed E-state index contributed by atoms with van der Waals surface area (Å²) in [5.74, 6) is -2.27. The van der Waals surface area contributed by atoms with E-state index in [1.807, 2.05) is 0 Å². The molecule has 0 radical (unpaired) electrons. The van der Waals surface area contributed by atoms with Crippen LogP contribution < -0.4 is 0 Å². The third-order valence-electron chi connectivity index (χ3n) is 2.93. The van der Waals surface area contributed by atoms with E-state index >= 15 is 0 Å². The van der Waals surface area contributed by atoms with Crippen LogP contribution in [0.5, 0.6) is 0 Å². The highest BCUT2D eigenvalue weighted by Crippen LogP contribution is 2.40. The fraction of sp³-hybridized carbons (Fsp3) is 0.714. The molecule has 0 amide bonds. The van der Waals surface area contributed by atoms with Gasteiger partial charge in [-0.1, -0.05) is 15.9 Å². The van der Waals surface area contributed by atoms with E-state index < -0.39 is 51.6 Å². The minimum atomic E-state index is -1.03. The molecule has 0 saturated carbocycles. The summed E-state index contributed by atoms with van der Waals surface area (Å²) in [7, 11) is 0. The Balaban J connectivity index is 3.11. The summed E-state index contributed by atoms with van der Waals surface area (Å²) in [6.07, 6.45) is -2.83. The normalized spacial score (nSPS) is 29.3. The highest BCUT2D eigenvalue weighted by molar-refractivity contribution is 9.11. The first-order valence-electron chi connectivity index (χ1n) is 7.06. The van der Waals surface area contributed by atoms with Crippen molar-refractivity contribution in [2.75, 3.05) is 6.61 Å². The van der Waals surface area contributed by atoms with Crippen molar-refractivity contribution in [2.45, 2.75) is 55.4 Å². The van der Waals surface area contributed by atoms with Crippen molar-refractivity contribution < 1.29 is 38.1 Å². The molecule has 1 rings (SSSR count). The first-order valence-corrected chi connectivity index (χ1v) is 8.92. The van der Waals surface area contributed by atoms with E-state index in [2.05, 4.69) is 15.9 Å². The van der Waals surface area contributed by atoms with E-state index in [1.54, 1.807) is 0 Å². The number of halogens is 1. The van der Waals surface area contributed by atoms with Crippen molar-refractivity contribution in [3.63, 3.8) is 0 Å². The zero-order valence-corrected chi connectivity index (χ0v) is 16.0. The number of hydrogen-bond donors (Lipinski definition) is 0. The molecule has 0 aromatic carbocycles. The molecule has 1 saturated heterocycles. The average molecular weight is 427 g/mol. The van der Waals surface area contributed by atoms with Crippen LogP contribution in [0.25, 0.3) is 0 Å². The molecule has 8 nitrogen and oxygen atoms in total. The van der Waals surface area contributed by atoms with Gasteiger partial charge >= 0.3 is 23.9 Å². The number of carbonyl (C=O) groups excluding carboxylic acids is 4. The summed E-state index contributed by atoms with van der Waals surface area (Å²) in [4.78, 5) is 45.3. The molecule has 1 fully saturated rings. The molecule has 0 aliphatic carbocycles. The van der Waals surface area contributed by atoms with Crippen molar-refractivity contribution in [3.8, 4) is 0 Å². The van der Waals surface area contributed by atoms with E-state index in [9.17, 15) is 19.2 Å². The lowest BCUT2D eigenvalue weighted by Gasteiger charge is -2.42. The predicted octanol–water partition coefficient (Wildman–Crippen LogP) is 1.18. The van der Waals surface area contributed by atoms with Crippen molar-refractivity contribution >= 4 is 51.6 Å². The van der Waals surface area contributed by atoms with Crippen LogP contribution in [0.2, 0.25) is 0 Å². The van der Waals surface area contributed by atoms with Crippen LogP contribution in [0.15, 0.2) is 0 Å². The molecule has 0 spiro atoms. The number of ether oxygens (including phenoxy) is 4. The van der Waals surface area contributed by atoms with Crippen molar-refractivity contribution in [2.24, 2.45) is 0 Å². The average Bonchev–Trinajstić information content (AvgIpc) is 2.42. The second-order valence-electron chi connectivity index (χ2n) is 5.05. The second kappa shape index (κ2) is 9.26. The van der Waals surface area contributed by atoms with Gasteiger partial charge in [-0.25, -0.2) is 0 Å². The molecule has 0 aromatic heterocycles. The molecule has 1 heterocycles. The van der Waals surface area contributed by atoms with Gasteiger partial charge in [-0.15, -0.1) is 11.8 Å². The lowest BCUT2D eigenvalue weighted by Crippen LogP contribution is -2.57. The molecule has 0 unspecified atom stereocenters. The number of alkyl halides is 1. The highest BCUT2D eigenvalue weighted by atomic mass is 79.9. The third kappa shape index (κ3) is 6.31. The Morgan fingerprint density at radius 3 is 1.71 bits per heavy atom. The van der Waals surface area contributed by atoms with Crippen LogP contribution in [0.1, 0.15) is 27.7 Å². The summed E-state index contributed by atoms with van der Waals surface area (Å²) in [5.41, 5.74) is 0. The Kier molecular flexibility index (Phi) is 8.01. The molecule has 24 heavy (non-hydrogen) atoms. The van der Waals surface area contributed by atoms with Gasteiger partial charge in [-0.05, 0) is 0 Å². The Morgan fingerprint density at radius 1 is 0.792 bits per heavy atom. The number of carbonyl (C=O) groups is 4. The van der Waals surface area contributed by atoms with Crippen LogP contribution in [0.3, 0.4) is 0 Å². The third-order valence-corrected chi connectivity index (χ3v) is 5.38. The van der Waals surface area contributed by atoms with E-state index in [4.69, 9.17) is 18.9 Å². The largest absolute Gasteiger partial charge is 0.465 e. The first kappa shape index (κ1) is 20.8. The zero-order valence-electron chi connectivity index (χ0n) is 13.6. The summed E-state index contributed by atoms with van der Waals surface area (Å²) in [6, 6.07) is 0. The zero-order chi connectivity index (χ0) is 18.4. The fourth-order valence-corrected chi connectivity index (χ4v) is 4.63. The maximum atomic E-state index is 11.4. The van der Waals surface area contributed by atoms with Gasteiger partial charge in [0, 0.05) is 27.7 Å². The Bertz CT molecular complexity index is 511. The summed E-state index contributed by atoms with van der Waals surface area (Å²) < 4.78 is 20.3. The molecule has 0 N–H and O–H groups in total. The van der Waals surface area contributed by atoms with Crippen LogP contribution >= 0.6 is 27.7 Å². The molecular weight excluding hydrogens is 408 g/mol. The Labute approximate surface area is 152 Å². The fourth-order valence-electron chi connectivity index (χ4n) is 2.18. The molecule has 136 valence electrons. The van der Waals surface area contributed by atoms with Crippen LogP contribution in [0.4, 0.5) is 0 Å². The first-order chi connectivity index (χ1) is 11.1. The van der Waals surface area contributed by atoms with Crippen molar-refractivity contribution in [3.05, 3.63) is 0 Å². The minimum Gasteiger partial charge on any atom is -0.465 e. The summed E-state index contributed by atoms with van der Waals surface area (Å²) in [5, 5.41) is -0.502. The molecular formula is C14H19BrO8S. The van der Waals surface area contributed by atoms with E-state index in [1.165, 1.54) is 39.5 Å². The molecule has 1 aliphatic rings. The van der Waals surface area contributed by atoms with Gasteiger partial charge in [0.1, 0.15) is 10.8 Å². The Hall–Kier alpha value is -1.29. The molecule has 10 heteroatoms. The van der Waals surface area contributed by atoms with E-state index in [0.717, 1.165) is 0 Å². The minimum absolute atomic E-state index is 0.0510. The number of hydrogen-bond acceptors (Lipinski definition) is 9. The number of thioether (sulfide) groups is 1. The van der Waals surface area contributed by atoms with Crippen LogP contribution in [-0.4, -0.2) is 58.2 Å². The summed E-state index contributed by atoms with van der Waals surface area (Å²) >= 11 is 4.62. The van der Waals surface area contributed by atoms with Gasteiger partial charge in [-0.3, -0.25) is 19.2 Å². The Morgan fingerprint density at radius 2 is 1.25 bits per heavy atom. The smallest absolute Gasteiger partial charge is 0.303 e. The quantitative estimate of drug-likeness (QED) is 0.363. The van der Waals surface area contributed by atoms with Gasteiger partial charge < -0.3 is 18.9 Å². The van der Waals surface area contributed by atoms with Gasteiger partial charge in [-0.2, -0.15) is 0 Å². The highest BCUT2D eigenvalue weighted by Gasteiger charge is 2.50. The lowest BCUT2D eigenvalue weighted by atomic mass is 10.0. The second-order valence-corrected chi connectivity index (χ2v) is 8.03. The van der Waals surface area contributed by atoms with E-state index in [-0.39, 0.29) is 6.61 Å². The summed E-state index contributed by atoms with van der Waals surface area (Å²) in [6.45, 7) is 4.83. The maximum absolute atomic E-state index is 11.4. The molecule has 5 atom stereocenters. The molecule has 0 bridgehead atoms. The van der Waals surface area contributed by atoms with Gasteiger partial charge in [0.2, 0.25) is 0 Å². The SMILES string of the molecule is CC(=O)OC[C@H]1S[C@H](Br)[C@H](OC(C)=O)[C@@H](OC(C)=O)[C@@H]1OC(C)=O. The van der Waals surface area contributed by atoms with Gasteiger partial charge in [0.25, 0.3) is 0 Å². The molecule has 1 aliphatic heterocycles. The maximum Gasteiger partial charge on any atom is 0.303 e. The monoisotopic (exact) mass is 426 g/mol. The van der Waals surface area contributed by atoms with Gasteiger partial charge in [0.05, 0.1) is 5.25 Å². The lowest BCUT2D eigenvalue weighted by molar-refractivity contribution is -0.183. The van der Waals surface area contributed by atoms with Crippen molar-refractivity contribution in [1.82, 2.24) is 0 Å². The van der Waals surface area contributed by atoms with E-state index in [0.29, 0.717) is 0 Å². The standard InChI is InChI=1S/C14H19BrO8S/c1-6(16)20-5-10-11(21-7(2)17)12(22-8(3)18)13(14(15)24-10)23-9(4)19/h10-14H,5H2,1-4H3/t10-,11-,12+,13-,14+/m1/s1. The van der Waals surface area contributed by atoms with Crippen LogP contribution in [0, 0.1) is 0 Å². The number of rotatable bonds is 5.